The molecule has 0 fully saturated rings. The van der Waals surface area contributed by atoms with Crippen LogP contribution in [0, 0.1) is 10.1 Å². The molecular weight excluding hydrogens is 284 g/mol. The molecule has 0 atom stereocenters. The fourth-order valence-electron chi connectivity index (χ4n) is 1.73. The molecule has 0 aliphatic rings. The van der Waals surface area contributed by atoms with Crippen molar-refractivity contribution in [2.24, 2.45) is 7.05 Å². The zero-order valence-corrected chi connectivity index (χ0v) is 11.6. The van der Waals surface area contributed by atoms with Crippen molar-refractivity contribution < 1.29 is 13.3 Å². The average Bonchev–Trinajstić information content (AvgIpc) is 2.73. The number of para-hydroxylation sites is 1. The van der Waals surface area contributed by atoms with Crippen molar-refractivity contribution in [1.29, 1.82) is 0 Å². The topological polar surface area (TPSA) is 107 Å². The van der Waals surface area contributed by atoms with Gasteiger partial charge in [-0.2, -0.15) is 5.10 Å². The van der Waals surface area contributed by atoms with E-state index in [9.17, 15) is 18.5 Å². The highest BCUT2D eigenvalue weighted by molar-refractivity contribution is 7.90. The van der Waals surface area contributed by atoms with Gasteiger partial charge in [-0.25, -0.2) is 8.42 Å². The van der Waals surface area contributed by atoms with Gasteiger partial charge in [0.15, 0.2) is 15.7 Å². The second-order valence-electron chi connectivity index (χ2n) is 4.18. The first-order valence-electron chi connectivity index (χ1n) is 5.53. The van der Waals surface area contributed by atoms with Crippen LogP contribution in [0.25, 0.3) is 0 Å². The largest absolute Gasteiger partial charge is 0.333 e. The molecule has 0 aliphatic carbocycles. The van der Waals surface area contributed by atoms with Gasteiger partial charge in [0.2, 0.25) is 0 Å². The van der Waals surface area contributed by atoms with Crippen molar-refractivity contribution in [3.8, 4) is 0 Å². The van der Waals surface area contributed by atoms with E-state index in [1.54, 1.807) is 19.3 Å². The Morgan fingerprint density at radius 3 is 2.55 bits per heavy atom. The summed E-state index contributed by atoms with van der Waals surface area (Å²) in [5, 5.41) is 17.9. The number of nitrogens with zero attached hydrogens (tertiary/aromatic N) is 3. The van der Waals surface area contributed by atoms with Gasteiger partial charge < -0.3 is 5.32 Å². The molecule has 0 aliphatic heterocycles. The number of aryl methyl sites for hydroxylation is 1. The average molecular weight is 296 g/mol. The van der Waals surface area contributed by atoms with E-state index in [4.69, 9.17) is 0 Å². The Morgan fingerprint density at radius 1 is 1.35 bits per heavy atom. The molecule has 2 rings (SSSR count). The van der Waals surface area contributed by atoms with Crippen LogP contribution in [0.1, 0.15) is 0 Å². The molecule has 0 saturated carbocycles. The predicted molar refractivity (Wildman–Crippen MR) is 72.7 cm³/mol. The van der Waals surface area contributed by atoms with E-state index < -0.39 is 20.4 Å². The minimum absolute atomic E-state index is 0.0802. The van der Waals surface area contributed by atoms with Gasteiger partial charge in [0.1, 0.15) is 10.6 Å². The smallest absolute Gasteiger partial charge is 0.311 e. The van der Waals surface area contributed by atoms with Gasteiger partial charge in [-0.1, -0.05) is 6.07 Å². The Bertz CT molecular complexity index is 766. The summed E-state index contributed by atoms with van der Waals surface area (Å²) in [4.78, 5) is 10.1. The van der Waals surface area contributed by atoms with Crippen LogP contribution < -0.4 is 5.32 Å². The van der Waals surface area contributed by atoms with Gasteiger partial charge in [-0.15, -0.1) is 0 Å². The Hall–Kier alpha value is -2.42. The van der Waals surface area contributed by atoms with Crippen LogP contribution >= 0.6 is 0 Å². The first-order chi connectivity index (χ1) is 9.29. The van der Waals surface area contributed by atoms with Crippen LogP contribution in [0.15, 0.2) is 35.4 Å². The third-order valence-electron chi connectivity index (χ3n) is 2.56. The van der Waals surface area contributed by atoms with E-state index in [0.717, 1.165) is 6.26 Å². The lowest BCUT2D eigenvalue weighted by molar-refractivity contribution is -0.386. The molecule has 2 aromatic rings. The van der Waals surface area contributed by atoms with E-state index in [2.05, 4.69) is 10.4 Å². The molecule has 20 heavy (non-hydrogen) atoms. The fourth-order valence-corrected chi connectivity index (χ4v) is 2.59. The number of sulfone groups is 1. The van der Waals surface area contributed by atoms with Gasteiger partial charge in [0.25, 0.3) is 0 Å². The number of aromatic nitrogens is 2. The fraction of sp³-hybridized carbons (Fsp3) is 0.182. The van der Waals surface area contributed by atoms with Crippen LogP contribution in [-0.2, 0) is 16.9 Å². The van der Waals surface area contributed by atoms with E-state index in [1.807, 2.05) is 0 Å². The van der Waals surface area contributed by atoms with Crippen LogP contribution in [-0.4, -0.2) is 29.4 Å². The van der Waals surface area contributed by atoms with Gasteiger partial charge in [-0.05, 0) is 12.1 Å². The molecule has 0 spiro atoms. The summed E-state index contributed by atoms with van der Waals surface area (Å²) in [6.07, 6.45) is 2.59. The van der Waals surface area contributed by atoms with Gasteiger partial charge >= 0.3 is 5.69 Å². The van der Waals surface area contributed by atoms with Gasteiger partial charge in [0, 0.05) is 25.6 Å². The number of nitro benzene ring substituents is 1. The van der Waals surface area contributed by atoms with E-state index in [1.165, 1.54) is 22.9 Å². The van der Waals surface area contributed by atoms with Crippen molar-refractivity contribution in [2.45, 2.75) is 4.90 Å². The Labute approximate surface area is 115 Å². The van der Waals surface area contributed by atoms with Gasteiger partial charge in [-0.3, -0.25) is 14.8 Å². The number of hydrogen-bond acceptors (Lipinski definition) is 6. The molecule has 106 valence electrons. The molecule has 9 heteroatoms. The number of nitro groups is 1. The summed E-state index contributed by atoms with van der Waals surface area (Å²) < 4.78 is 24.8. The lowest BCUT2D eigenvalue weighted by atomic mass is 10.2. The molecule has 1 N–H and O–H groups in total. The summed E-state index contributed by atoms with van der Waals surface area (Å²) in [6, 6.07) is 5.70. The maximum absolute atomic E-state index is 11.6. The summed E-state index contributed by atoms with van der Waals surface area (Å²) in [6.45, 7) is 0. The third kappa shape index (κ3) is 2.77. The summed E-state index contributed by atoms with van der Waals surface area (Å²) in [7, 11) is -1.99. The summed E-state index contributed by atoms with van der Waals surface area (Å²) in [5.41, 5.74) is -0.405. The second kappa shape index (κ2) is 4.93. The predicted octanol–water partition coefficient (Wildman–Crippen LogP) is 1.48. The molecule has 1 aromatic heterocycles. The van der Waals surface area contributed by atoms with Crippen molar-refractivity contribution in [3.05, 3.63) is 40.6 Å². The highest BCUT2D eigenvalue weighted by atomic mass is 32.2. The van der Waals surface area contributed by atoms with Crippen LogP contribution in [0.5, 0.6) is 0 Å². The standard InChI is InChI=1S/C11H12N4O4S/c1-14-7-6-10(13-14)12-8-4-3-5-9(20(2,18)19)11(8)15(16)17/h3-7H,1-2H3,(H,12,13). The Morgan fingerprint density at radius 2 is 2.05 bits per heavy atom. The number of benzene rings is 1. The normalized spacial score (nSPS) is 11.3. The highest BCUT2D eigenvalue weighted by Gasteiger charge is 2.26. The third-order valence-corrected chi connectivity index (χ3v) is 3.69. The number of hydrogen-bond donors (Lipinski definition) is 1. The summed E-state index contributed by atoms with van der Waals surface area (Å²) >= 11 is 0. The van der Waals surface area contributed by atoms with E-state index >= 15 is 0 Å². The van der Waals surface area contributed by atoms with Crippen molar-refractivity contribution in [1.82, 2.24) is 9.78 Å². The van der Waals surface area contributed by atoms with Crippen LogP contribution in [0.3, 0.4) is 0 Å². The molecule has 1 aromatic carbocycles. The van der Waals surface area contributed by atoms with E-state index in [-0.39, 0.29) is 10.6 Å². The Balaban J connectivity index is 2.56. The first kappa shape index (κ1) is 14.0. The first-order valence-corrected chi connectivity index (χ1v) is 7.42. The quantitative estimate of drug-likeness (QED) is 0.676. The number of rotatable bonds is 4. The molecule has 0 amide bonds. The zero-order chi connectivity index (χ0) is 14.9. The maximum atomic E-state index is 11.6. The van der Waals surface area contributed by atoms with E-state index in [0.29, 0.717) is 5.82 Å². The molecule has 0 unspecified atom stereocenters. The lowest BCUT2D eigenvalue weighted by Gasteiger charge is -2.07. The molecule has 0 radical (unpaired) electrons. The Kier molecular flexibility index (Phi) is 3.45. The lowest BCUT2D eigenvalue weighted by Crippen LogP contribution is -2.06. The summed E-state index contributed by atoms with van der Waals surface area (Å²) in [5.74, 6) is 0.390. The van der Waals surface area contributed by atoms with Crippen LogP contribution in [0.2, 0.25) is 0 Å². The minimum Gasteiger partial charge on any atom is -0.333 e. The van der Waals surface area contributed by atoms with Gasteiger partial charge in [0.05, 0.1) is 4.92 Å². The monoisotopic (exact) mass is 296 g/mol. The molecule has 0 bridgehead atoms. The van der Waals surface area contributed by atoms with Crippen molar-refractivity contribution in [2.75, 3.05) is 11.6 Å². The van der Waals surface area contributed by atoms with Crippen LogP contribution in [0.4, 0.5) is 17.2 Å². The number of nitrogens with one attached hydrogen (secondary N) is 1. The molecule has 0 saturated heterocycles. The maximum Gasteiger partial charge on any atom is 0.311 e. The number of anilines is 2. The SMILES string of the molecule is Cn1ccc(Nc2cccc(S(C)(=O)=O)c2[N+](=O)[O-])n1. The minimum atomic E-state index is -3.70. The van der Waals surface area contributed by atoms with Crippen molar-refractivity contribution >= 4 is 27.0 Å². The zero-order valence-electron chi connectivity index (χ0n) is 10.8. The molecule has 8 nitrogen and oxygen atoms in total. The molecule has 1 heterocycles. The highest BCUT2D eigenvalue weighted by Crippen LogP contribution is 2.33. The second-order valence-corrected chi connectivity index (χ2v) is 6.17. The van der Waals surface area contributed by atoms with Crippen molar-refractivity contribution in [3.63, 3.8) is 0 Å². The molecular formula is C11H12N4O4S.